The van der Waals surface area contributed by atoms with Crippen molar-refractivity contribution in [1.82, 2.24) is 10.3 Å². The number of benzene rings is 1. The Morgan fingerprint density at radius 2 is 1.59 bits per heavy atom. The second kappa shape index (κ2) is 12.7. The summed E-state index contributed by atoms with van der Waals surface area (Å²) in [5.41, 5.74) is -0.876. The lowest BCUT2D eigenvalue weighted by Crippen LogP contribution is -2.46. The number of halogens is 4. The summed E-state index contributed by atoms with van der Waals surface area (Å²) in [7, 11) is 0. The van der Waals surface area contributed by atoms with E-state index in [4.69, 9.17) is 11.6 Å². The topological polar surface area (TPSA) is 71.1 Å². The number of amides is 1. The average molecular weight is 588 g/mol. The Hall–Kier alpha value is -2.00. The molecule has 10 heteroatoms. The van der Waals surface area contributed by atoms with Crippen molar-refractivity contribution in [3.05, 3.63) is 35.0 Å². The number of nitrogens with zero attached hydrogens (tertiary/aromatic N) is 1. The summed E-state index contributed by atoms with van der Waals surface area (Å²) in [5.74, 6) is -0.453. The van der Waals surface area contributed by atoms with Crippen LogP contribution in [0.25, 0.3) is 10.9 Å². The van der Waals surface area contributed by atoms with Gasteiger partial charge in [0, 0.05) is 46.9 Å². The summed E-state index contributed by atoms with van der Waals surface area (Å²) in [5, 5.41) is 7.38. The van der Waals surface area contributed by atoms with Gasteiger partial charge in [-0.05, 0) is 60.8 Å². The number of rotatable bonds is 7. The first-order chi connectivity index (χ1) is 17.4. The average Bonchev–Trinajstić information content (AvgIpc) is 2.76. The number of aromatic nitrogens is 1. The Morgan fingerprint density at radius 1 is 1.00 bits per heavy atom. The quantitative estimate of drug-likeness (QED) is 0.345. The molecule has 1 aromatic heterocycles. The third-order valence-electron chi connectivity index (χ3n) is 7.02. The van der Waals surface area contributed by atoms with Gasteiger partial charge in [0.05, 0.1) is 5.52 Å². The lowest BCUT2D eigenvalue weighted by Gasteiger charge is -2.34. The molecule has 1 atom stereocenters. The number of pyridine rings is 1. The Morgan fingerprint density at radius 3 is 2.13 bits per heavy atom. The van der Waals surface area contributed by atoms with Crippen molar-refractivity contribution in [3.63, 3.8) is 0 Å². The Labute approximate surface area is 241 Å². The van der Waals surface area contributed by atoms with Gasteiger partial charge in [0.25, 0.3) is 0 Å². The fraction of sp³-hybridized carbons (Fsp3) is 0.621. The van der Waals surface area contributed by atoms with E-state index in [1.165, 1.54) is 12.1 Å². The number of carbonyl (C=O) groups is 2. The number of alkyl halides is 3. The van der Waals surface area contributed by atoms with Crippen LogP contribution >= 0.6 is 25.1 Å². The van der Waals surface area contributed by atoms with Crippen LogP contribution in [0.5, 0.6) is 0 Å². The van der Waals surface area contributed by atoms with Crippen LogP contribution in [-0.2, 0) is 15.8 Å². The lowest BCUT2D eigenvalue weighted by molar-refractivity contribution is -0.141. The van der Waals surface area contributed by atoms with Gasteiger partial charge >= 0.3 is 6.18 Å². The van der Waals surface area contributed by atoms with Gasteiger partial charge in [-0.15, -0.1) is 0 Å². The molecule has 5 nitrogen and oxygen atoms in total. The van der Waals surface area contributed by atoms with E-state index >= 15 is 0 Å². The zero-order valence-corrected chi connectivity index (χ0v) is 25.3. The molecule has 1 heterocycles. The minimum absolute atomic E-state index is 0. The van der Waals surface area contributed by atoms with Crippen LogP contribution < -0.4 is 10.6 Å². The van der Waals surface area contributed by atoms with Gasteiger partial charge in [-0.25, -0.2) is 4.98 Å². The summed E-state index contributed by atoms with van der Waals surface area (Å²) in [4.78, 5) is 29.7. The normalized spacial score (nSPS) is 19.2. The molecule has 1 saturated carbocycles. The minimum atomic E-state index is -4.57. The largest absolute Gasteiger partial charge is 0.433 e. The highest BCUT2D eigenvalue weighted by Crippen LogP contribution is 2.36. The van der Waals surface area contributed by atoms with Crippen molar-refractivity contribution in [2.45, 2.75) is 98.3 Å². The highest BCUT2D eigenvalue weighted by molar-refractivity contribution is 7.59. The van der Waals surface area contributed by atoms with Gasteiger partial charge in [-0.3, -0.25) is 9.59 Å². The molecule has 1 aliphatic rings. The molecular weight excluding hydrogens is 547 g/mol. The highest BCUT2D eigenvalue weighted by Gasteiger charge is 2.36. The predicted octanol–water partition coefficient (Wildman–Crippen LogP) is 7.92. The van der Waals surface area contributed by atoms with Crippen molar-refractivity contribution < 1.29 is 22.8 Å². The maximum absolute atomic E-state index is 13.5. The van der Waals surface area contributed by atoms with Crippen LogP contribution in [0.15, 0.2) is 24.3 Å². The third-order valence-corrected chi connectivity index (χ3v) is 7.25. The minimum Gasteiger partial charge on any atom is -0.382 e. The molecule has 1 amide bonds. The zero-order valence-electron chi connectivity index (χ0n) is 23.6. The first-order valence-electron chi connectivity index (χ1n) is 13.2. The van der Waals surface area contributed by atoms with Crippen LogP contribution in [0.4, 0.5) is 18.9 Å². The Balaban J connectivity index is 0.00000533. The molecule has 0 unspecified atom stereocenters. The molecule has 0 bridgehead atoms. The van der Waals surface area contributed by atoms with E-state index in [-0.39, 0.29) is 60.0 Å². The van der Waals surface area contributed by atoms with E-state index in [9.17, 15) is 22.8 Å². The number of hydrogen-bond acceptors (Lipinski definition) is 4. The van der Waals surface area contributed by atoms with Crippen LogP contribution in [0, 0.1) is 16.7 Å². The van der Waals surface area contributed by atoms with E-state index in [0.29, 0.717) is 48.2 Å². The van der Waals surface area contributed by atoms with Crippen LogP contribution in [0.2, 0.25) is 5.02 Å². The summed E-state index contributed by atoms with van der Waals surface area (Å²) >= 11 is 6.11. The molecule has 3 rings (SSSR count). The maximum atomic E-state index is 13.5. The van der Waals surface area contributed by atoms with Crippen LogP contribution in [0.3, 0.4) is 0 Å². The second-order valence-electron chi connectivity index (χ2n) is 12.8. The van der Waals surface area contributed by atoms with Crippen molar-refractivity contribution in [1.29, 1.82) is 0 Å². The molecule has 2 N–H and O–H groups in total. The molecule has 0 radical (unpaired) electrons. The van der Waals surface area contributed by atoms with E-state index < -0.39 is 17.8 Å². The van der Waals surface area contributed by atoms with Crippen LogP contribution in [0.1, 0.15) is 85.8 Å². The van der Waals surface area contributed by atoms with Gasteiger partial charge in [0.1, 0.15) is 11.5 Å². The summed E-state index contributed by atoms with van der Waals surface area (Å²) in [6, 6.07) is 5.57. The number of nitrogens with one attached hydrogen (secondary N) is 2. The Kier molecular flexibility index (Phi) is 10.8. The number of carbonyl (C=O) groups excluding carboxylic acids is 2. The molecule has 0 aliphatic heterocycles. The monoisotopic (exact) mass is 587 g/mol. The van der Waals surface area contributed by atoms with Crippen molar-refractivity contribution in [2.24, 2.45) is 16.7 Å². The highest BCUT2D eigenvalue weighted by atomic mass is 35.5. The van der Waals surface area contributed by atoms with Crippen LogP contribution in [-0.4, -0.2) is 28.8 Å². The number of ketones is 1. The molecule has 2 aromatic rings. The maximum Gasteiger partial charge on any atom is 0.433 e. The number of anilines is 1. The summed E-state index contributed by atoms with van der Waals surface area (Å²) in [6.07, 6.45) is -1.20. The zero-order chi connectivity index (χ0) is 28.5. The number of hydrogen-bond donors (Lipinski definition) is 2. The molecule has 1 fully saturated rings. The smallest absolute Gasteiger partial charge is 0.382 e. The predicted molar refractivity (Wildman–Crippen MR) is 157 cm³/mol. The van der Waals surface area contributed by atoms with Gasteiger partial charge in [0.15, 0.2) is 0 Å². The summed E-state index contributed by atoms with van der Waals surface area (Å²) in [6.45, 7) is 12.0. The standard InChI is InChI=1S/C29H39ClF3N3O2.H2S/c1-27(2,3)16-20(37)14-22(28(4,5)6)26(38)35-19-10-8-18(9-11-19)34-24-15-25(29(31,32)33)36-23-12-7-17(30)13-21(23)24;/h7,12-13,15,18-19,22H,8-11,14,16H2,1-6H3,(H,34,36)(H,35,38);1H2/t18?,19?,22-;/m1./s1. The molecule has 0 spiro atoms. The molecule has 39 heavy (non-hydrogen) atoms. The van der Waals surface area contributed by atoms with Gasteiger partial charge in [0.2, 0.25) is 5.91 Å². The Bertz CT molecular complexity index is 1170. The SMILES string of the molecule is CC(C)(C)CC(=O)C[C@H](C(=O)NC1CCC(Nc2cc(C(F)(F)F)nc3ccc(Cl)cc23)CC1)C(C)(C)C.S. The second-order valence-corrected chi connectivity index (χ2v) is 13.3. The van der Waals surface area contributed by atoms with Crippen molar-refractivity contribution in [3.8, 4) is 0 Å². The van der Waals surface area contributed by atoms with Crippen molar-refractivity contribution >= 4 is 53.4 Å². The molecule has 218 valence electrons. The van der Waals surface area contributed by atoms with E-state index in [1.807, 2.05) is 41.5 Å². The molecular formula is C29H41ClF3N3O2S. The lowest BCUT2D eigenvalue weighted by atomic mass is 9.75. The van der Waals surface area contributed by atoms with E-state index in [2.05, 4.69) is 15.6 Å². The van der Waals surface area contributed by atoms with E-state index in [1.54, 1.807) is 6.07 Å². The van der Waals surface area contributed by atoms with Crippen molar-refractivity contribution in [2.75, 3.05) is 5.32 Å². The fourth-order valence-corrected chi connectivity index (χ4v) is 5.22. The fourth-order valence-electron chi connectivity index (χ4n) is 5.05. The third kappa shape index (κ3) is 9.55. The molecule has 0 saturated heterocycles. The summed E-state index contributed by atoms with van der Waals surface area (Å²) < 4.78 is 40.4. The first-order valence-corrected chi connectivity index (χ1v) is 13.6. The van der Waals surface area contributed by atoms with Gasteiger partial charge in [-0.1, -0.05) is 53.1 Å². The number of fused-ring (bicyclic) bond motifs is 1. The van der Waals surface area contributed by atoms with E-state index in [0.717, 1.165) is 6.07 Å². The molecule has 1 aromatic carbocycles. The van der Waals surface area contributed by atoms with Gasteiger partial charge < -0.3 is 10.6 Å². The van der Waals surface area contributed by atoms with Gasteiger partial charge in [-0.2, -0.15) is 26.7 Å². The molecule has 1 aliphatic carbocycles. The first kappa shape index (κ1) is 33.2. The number of Topliss-reactive ketones (excluding diaryl/α,β-unsaturated/α-hetero) is 1.